The van der Waals surface area contributed by atoms with Gasteiger partial charge >= 0.3 is 0 Å². The summed E-state index contributed by atoms with van der Waals surface area (Å²) in [5, 5.41) is 0. The minimum Gasteiger partial charge on any atom is -0.446 e. The van der Waals surface area contributed by atoms with E-state index in [2.05, 4.69) is 4.98 Å². The third-order valence-corrected chi connectivity index (χ3v) is 3.63. The molecule has 2 aromatic rings. The number of hydrogen-bond donors (Lipinski definition) is 1. The Morgan fingerprint density at radius 2 is 2.30 bits per heavy atom. The predicted octanol–water partition coefficient (Wildman–Crippen LogP) is 2.29. The zero-order valence-corrected chi connectivity index (χ0v) is 11.4. The Bertz CT molecular complexity index is 636. The fraction of sp³-hybridized carbons (Fsp3) is 0.333. The summed E-state index contributed by atoms with van der Waals surface area (Å²) < 4.78 is 5.30. The molecule has 1 aliphatic rings. The smallest absolute Gasteiger partial charge is 0.280 e. The predicted molar refractivity (Wildman–Crippen MR) is 75.5 cm³/mol. The Hall–Kier alpha value is -2.14. The maximum absolute atomic E-state index is 12.5. The summed E-state index contributed by atoms with van der Waals surface area (Å²) in [6.45, 7) is 2.63. The maximum atomic E-state index is 12.5. The summed E-state index contributed by atoms with van der Waals surface area (Å²) >= 11 is 0. The van der Waals surface area contributed by atoms with Crippen molar-refractivity contribution in [2.75, 3.05) is 11.4 Å². The highest BCUT2D eigenvalue weighted by molar-refractivity contribution is 6.05. The molecule has 2 N–H and O–H groups in total. The normalized spacial score (nSPS) is 15.2. The number of nitrogens with two attached hydrogens (primary N) is 1. The van der Waals surface area contributed by atoms with E-state index in [1.54, 1.807) is 4.90 Å². The number of amides is 1. The van der Waals surface area contributed by atoms with E-state index in [0.29, 0.717) is 18.1 Å². The Labute approximate surface area is 117 Å². The Balaban J connectivity index is 1.85. The van der Waals surface area contributed by atoms with Gasteiger partial charge in [-0.25, -0.2) is 4.98 Å². The van der Waals surface area contributed by atoms with Crippen molar-refractivity contribution in [3.8, 4) is 0 Å². The highest BCUT2D eigenvalue weighted by atomic mass is 16.3. The number of nitrogens with zero attached hydrogens (tertiary/aromatic N) is 2. The van der Waals surface area contributed by atoms with Crippen LogP contribution in [0.4, 0.5) is 5.69 Å². The molecule has 5 heteroatoms. The van der Waals surface area contributed by atoms with Crippen molar-refractivity contribution >= 4 is 11.6 Å². The zero-order chi connectivity index (χ0) is 14.1. The van der Waals surface area contributed by atoms with Crippen molar-refractivity contribution in [1.29, 1.82) is 0 Å². The average Bonchev–Trinajstić information content (AvgIpc) is 3.12. The van der Waals surface area contributed by atoms with Gasteiger partial charge < -0.3 is 15.1 Å². The van der Waals surface area contributed by atoms with Crippen LogP contribution in [0, 0.1) is 0 Å². The van der Waals surface area contributed by atoms with Gasteiger partial charge in [-0.2, -0.15) is 0 Å². The second-order valence-electron chi connectivity index (χ2n) is 4.92. The molecule has 1 unspecified atom stereocenters. The van der Waals surface area contributed by atoms with Gasteiger partial charge in [0.2, 0.25) is 5.89 Å². The summed E-state index contributed by atoms with van der Waals surface area (Å²) in [6, 6.07) is 7.66. The van der Waals surface area contributed by atoms with E-state index in [4.69, 9.17) is 10.2 Å². The van der Waals surface area contributed by atoms with Gasteiger partial charge in [-0.3, -0.25) is 4.79 Å². The van der Waals surface area contributed by atoms with Gasteiger partial charge in [-0.1, -0.05) is 25.1 Å². The van der Waals surface area contributed by atoms with Crippen LogP contribution in [0.1, 0.15) is 41.3 Å². The lowest BCUT2D eigenvalue weighted by Gasteiger charge is -2.15. The van der Waals surface area contributed by atoms with E-state index in [1.165, 1.54) is 11.8 Å². The second kappa shape index (κ2) is 5.09. The van der Waals surface area contributed by atoms with Gasteiger partial charge in [0, 0.05) is 12.2 Å². The lowest BCUT2D eigenvalue weighted by atomic mass is 10.2. The number of fused-ring (bicyclic) bond motifs is 1. The molecule has 0 bridgehead atoms. The minimum atomic E-state index is -0.262. The first-order chi connectivity index (χ1) is 9.70. The fourth-order valence-corrected chi connectivity index (χ4v) is 2.42. The number of carbonyl (C=O) groups excluding carboxylic acids is 1. The van der Waals surface area contributed by atoms with Crippen LogP contribution in [0.5, 0.6) is 0 Å². The molecular formula is C15H17N3O2. The first-order valence-corrected chi connectivity index (χ1v) is 6.81. The third-order valence-electron chi connectivity index (χ3n) is 3.63. The van der Waals surface area contributed by atoms with Gasteiger partial charge in [-0.15, -0.1) is 0 Å². The molecule has 1 atom stereocenters. The second-order valence-corrected chi connectivity index (χ2v) is 4.92. The molecule has 1 amide bonds. The molecule has 3 rings (SSSR count). The lowest BCUT2D eigenvalue weighted by molar-refractivity contribution is 0.0984. The van der Waals surface area contributed by atoms with Gasteiger partial charge in [-0.05, 0) is 24.5 Å². The van der Waals surface area contributed by atoms with Gasteiger partial charge in [0.1, 0.15) is 6.26 Å². The van der Waals surface area contributed by atoms with Gasteiger partial charge in [0.25, 0.3) is 5.91 Å². The number of anilines is 1. The molecule has 1 aromatic carbocycles. The standard InChI is InChI=1S/C15H17N3O2/c1-2-11(16)14-17-12(9-20-14)15(19)18-8-7-10-5-3-4-6-13(10)18/h3-6,9,11H,2,7-8,16H2,1H3. The number of benzene rings is 1. The molecule has 0 spiro atoms. The number of hydrogen-bond acceptors (Lipinski definition) is 4. The molecule has 0 fully saturated rings. The topological polar surface area (TPSA) is 72.4 Å². The Morgan fingerprint density at radius 1 is 1.50 bits per heavy atom. The maximum Gasteiger partial charge on any atom is 0.280 e. The molecule has 0 aliphatic carbocycles. The van der Waals surface area contributed by atoms with Crippen molar-refractivity contribution in [3.05, 3.63) is 47.7 Å². The van der Waals surface area contributed by atoms with Crippen LogP contribution in [0.15, 0.2) is 34.9 Å². The molecule has 1 aromatic heterocycles. The summed E-state index contributed by atoms with van der Waals surface area (Å²) in [4.78, 5) is 18.5. The largest absolute Gasteiger partial charge is 0.446 e. The van der Waals surface area contributed by atoms with Crippen LogP contribution in [-0.4, -0.2) is 17.4 Å². The molecule has 1 aliphatic heterocycles. The van der Waals surface area contributed by atoms with Crippen molar-refractivity contribution < 1.29 is 9.21 Å². The summed E-state index contributed by atoms with van der Waals surface area (Å²) in [6.07, 6.45) is 3.00. The van der Waals surface area contributed by atoms with Crippen molar-refractivity contribution in [2.45, 2.75) is 25.8 Å². The minimum absolute atomic E-state index is 0.131. The van der Waals surface area contributed by atoms with Crippen molar-refractivity contribution in [3.63, 3.8) is 0 Å². The van der Waals surface area contributed by atoms with E-state index in [9.17, 15) is 4.79 Å². The highest BCUT2D eigenvalue weighted by Crippen LogP contribution is 2.28. The number of oxazole rings is 1. The summed E-state index contributed by atoms with van der Waals surface area (Å²) in [5.74, 6) is 0.289. The number of para-hydroxylation sites is 1. The van der Waals surface area contributed by atoms with E-state index < -0.39 is 0 Å². The van der Waals surface area contributed by atoms with Crippen LogP contribution in [0.25, 0.3) is 0 Å². The number of rotatable bonds is 3. The molecule has 5 nitrogen and oxygen atoms in total. The molecular weight excluding hydrogens is 254 g/mol. The van der Waals surface area contributed by atoms with Crippen LogP contribution in [0.2, 0.25) is 0 Å². The molecule has 0 saturated carbocycles. The lowest BCUT2D eigenvalue weighted by Crippen LogP contribution is -2.29. The van der Waals surface area contributed by atoms with E-state index in [1.807, 2.05) is 31.2 Å². The highest BCUT2D eigenvalue weighted by Gasteiger charge is 2.27. The summed E-state index contributed by atoms with van der Waals surface area (Å²) in [7, 11) is 0. The SMILES string of the molecule is CCC(N)c1nc(C(=O)N2CCc3ccccc32)co1. The Kier molecular flexibility index (Phi) is 3.28. The summed E-state index contributed by atoms with van der Waals surface area (Å²) in [5.41, 5.74) is 8.33. The molecule has 0 saturated heterocycles. The first-order valence-electron chi connectivity index (χ1n) is 6.81. The van der Waals surface area contributed by atoms with Crippen LogP contribution < -0.4 is 10.6 Å². The molecule has 104 valence electrons. The van der Waals surface area contributed by atoms with Gasteiger partial charge in [0.05, 0.1) is 6.04 Å². The van der Waals surface area contributed by atoms with Gasteiger partial charge in [0.15, 0.2) is 5.69 Å². The van der Waals surface area contributed by atoms with E-state index in [-0.39, 0.29) is 11.9 Å². The Morgan fingerprint density at radius 3 is 3.10 bits per heavy atom. The molecule has 20 heavy (non-hydrogen) atoms. The number of carbonyl (C=O) groups is 1. The molecule has 2 heterocycles. The van der Waals surface area contributed by atoms with E-state index >= 15 is 0 Å². The number of aromatic nitrogens is 1. The molecule has 0 radical (unpaired) electrons. The third kappa shape index (κ3) is 2.10. The zero-order valence-electron chi connectivity index (χ0n) is 11.4. The van der Waals surface area contributed by atoms with Crippen LogP contribution in [-0.2, 0) is 6.42 Å². The monoisotopic (exact) mass is 271 g/mol. The van der Waals surface area contributed by atoms with Crippen LogP contribution >= 0.6 is 0 Å². The van der Waals surface area contributed by atoms with Crippen molar-refractivity contribution in [1.82, 2.24) is 4.98 Å². The fourth-order valence-electron chi connectivity index (χ4n) is 2.42. The first kappa shape index (κ1) is 12.9. The van der Waals surface area contributed by atoms with E-state index in [0.717, 1.165) is 18.5 Å². The van der Waals surface area contributed by atoms with Crippen LogP contribution in [0.3, 0.4) is 0 Å². The quantitative estimate of drug-likeness (QED) is 0.929. The average molecular weight is 271 g/mol. The van der Waals surface area contributed by atoms with Crippen molar-refractivity contribution in [2.24, 2.45) is 5.73 Å².